The summed E-state index contributed by atoms with van der Waals surface area (Å²) in [6, 6.07) is 0. The normalized spacial score (nSPS) is 49.3. The Bertz CT molecular complexity index is 175. The van der Waals surface area contributed by atoms with Gasteiger partial charge in [-0.05, 0) is 6.92 Å². The smallest absolute Gasteiger partial charge is 0.0931 e. The lowest BCUT2D eigenvalue weighted by atomic mass is 9.95. The SMILES string of the molecule is CCOC1[C@@H](Cl)[C@@H](Cl)C(Cl)[C@@H](Cl)[C@H]1Cl. The number of halogens is 5. The van der Waals surface area contributed by atoms with Gasteiger partial charge >= 0.3 is 0 Å². The minimum absolute atomic E-state index is 0.344. The molecule has 84 valence electrons. The van der Waals surface area contributed by atoms with Crippen molar-refractivity contribution in [3.05, 3.63) is 0 Å². The minimum Gasteiger partial charge on any atom is -0.375 e. The van der Waals surface area contributed by atoms with Crippen molar-refractivity contribution in [2.24, 2.45) is 0 Å². The number of alkyl halides is 5. The largest absolute Gasteiger partial charge is 0.375 e. The molecule has 0 aliphatic heterocycles. The first-order valence-corrected chi connectivity index (χ1v) is 6.50. The van der Waals surface area contributed by atoms with Crippen LogP contribution in [0.3, 0.4) is 0 Å². The molecule has 14 heavy (non-hydrogen) atoms. The van der Waals surface area contributed by atoms with E-state index in [0.717, 1.165) is 0 Å². The lowest BCUT2D eigenvalue weighted by Crippen LogP contribution is -2.55. The molecule has 0 N–H and O–H groups in total. The molecule has 1 fully saturated rings. The van der Waals surface area contributed by atoms with Crippen molar-refractivity contribution in [1.29, 1.82) is 0 Å². The van der Waals surface area contributed by atoms with Crippen molar-refractivity contribution in [2.75, 3.05) is 6.61 Å². The summed E-state index contributed by atoms with van der Waals surface area (Å²) in [6.07, 6.45) is -0.344. The summed E-state index contributed by atoms with van der Waals surface area (Å²) in [6.45, 7) is 2.39. The van der Waals surface area contributed by atoms with Crippen LogP contribution in [0.1, 0.15) is 6.92 Å². The summed E-state index contributed by atoms with van der Waals surface area (Å²) in [5.41, 5.74) is 0. The maximum Gasteiger partial charge on any atom is 0.0931 e. The Kier molecular flexibility index (Phi) is 5.44. The summed E-state index contributed by atoms with van der Waals surface area (Å²) in [5.74, 6) is 0. The van der Waals surface area contributed by atoms with Gasteiger partial charge in [0.15, 0.2) is 0 Å². The van der Waals surface area contributed by atoms with Gasteiger partial charge in [-0.1, -0.05) is 0 Å². The van der Waals surface area contributed by atoms with Crippen LogP contribution in [0.15, 0.2) is 0 Å². The van der Waals surface area contributed by atoms with Gasteiger partial charge in [-0.25, -0.2) is 0 Å². The zero-order valence-electron chi connectivity index (χ0n) is 7.47. The second-order valence-corrected chi connectivity index (χ2v) is 5.66. The highest BCUT2D eigenvalue weighted by atomic mass is 35.5. The second kappa shape index (κ2) is 5.65. The molecule has 0 amide bonds. The van der Waals surface area contributed by atoms with Crippen molar-refractivity contribution >= 4 is 58.0 Å². The molecule has 0 aromatic rings. The third-order valence-electron chi connectivity index (χ3n) is 2.20. The molecule has 1 rings (SSSR count). The molecular weight excluding hydrogens is 289 g/mol. The maximum absolute atomic E-state index is 6.08. The third kappa shape index (κ3) is 2.56. The van der Waals surface area contributed by atoms with Gasteiger partial charge in [-0.3, -0.25) is 0 Å². The minimum atomic E-state index is -0.431. The number of rotatable bonds is 2. The summed E-state index contributed by atoms with van der Waals surface area (Å²) >= 11 is 30.2. The summed E-state index contributed by atoms with van der Waals surface area (Å²) in [5, 5.41) is -2.09. The van der Waals surface area contributed by atoms with Gasteiger partial charge in [0.25, 0.3) is 0 Å². The van der Waals surface area contributed by atoms with Gasteiger partial charge in [0.05, 0.1) is 33.0 Å². The van der Waals surface area contributed by atoms with Crippen LogP contribution in [0.2, 0.25) is 0 Å². The van der Waals surface area contributed by atoms with E-state index in [0.29, 0.717) is 6.61 Å². The van der Waals surface area contributed by atoms with Crippen molar-refractivity contribution in [3.63, 3.8) is 0 Å². The van der Waals surface area contributed by atoms with Gasteiger partial charge in [-0.2, -0.15) is 0 Å². The Morgan fingerprint density at radius 3 is 1.50 bits per heavy atom. The van der Waals surface area contributed by atoms with Crippen molar-refractivity contribution in [1.82, 2.24) is 0 Å². The lowest BCUT2D eigenvalue weighted by Gasteiger charge is -2.40. The van der Waals surface area contributed by atoms with Crippen molar-refractivity contribution in [3.8, 4) is 0 Å². The molecule has 1 aliphatic carbocycles. The lowest BCUT2D eigenvalue weighted by molar-refractivity contribution is 0.0457. The monoisotopic (exact) mass is 298 g/mol. The first-order chi connectivity index (χ1) is 6.50. The van der Waals surface area contributed by atoms with Crippen molar-refractivity contribution in [2.45, 2.75) is 39.9 Å². The molecule has 0 bridgehead atoms. The van der Waals surface area contributed by atoms with Crippen LogP contribution in [-0.4, -0.2) is 39.6 Å². The molecular formula is C8H11Cl5O. The molecule has 6 heteroatoms. The first-order valence-electron chi connectivity index (χ1n) is 4.32. The van der Waals surface area contributed by atoms with E-state index in [1.54, 1.807) is 0 Å². The third-order valence-corrected chi connectivity index (χ3v) is 5.39. The maximum atomic E-state index is 6.08. The number of hydrogen-bond acceptors (Lipinski definition) is 1. The Balaban J connectivity index is 2.75. The van der Waals surface area contributed by atoms with Crippen LogP contribution in [0, 0.1) is 0 Å². The van der Waals surface area contributed by atoms with E-state index in [9.17, 15) is 0 Å². The Morgan fingerprint density at radius 1 is 0.786 bits per heavy atom. The highest BCUT2D eigenvalue weighted by molar-refractivity contribution is 6.41. The molecule has 0 saturated heterocycles. The Hall–Kier alpha value is 1.41. The predicted octanol–water partition coefficient (Wildman–Crippen LogP) is 3.44. The molecule has 1 aliphatic rings. The first kappa shape index (κ1) is 13.5. The summed E-state index contributed by atoms with van der Waals surface area (Å²) in [4.78, 5) is 0. The number of ether oxygens (including phenoxy) is 1. The van der Waals surface area contributed by atoms with Crippen LogP contribution in [0.5, 0.6) is 0 Å². The molecule has 0 radical (unpaired) electrons. The molecule has 0 aromatic carbocycles. The van der Waals surface area contributed by atoms with E-state index >= 15 is 0 Å². The average Bonchev–Trinajstić information content (AvgIpc) is 2.19. The molecule has 1 saturated carbocycles. The van der Waals surface area contributed by atoms with Crippen molar-refractivity contribution < 1.29 is 4.74 Å². The predicted molar refractivity (Wildman–Crippen MR) is 63.6 cm³/mol. The molecule has 2 unspecified atom stereocenters. The molecule has 1 nitrogen and oxygen atoms in total. The van der Waals surface area contributed by atoms with Gasteiger partial charge in [0, 0.05) is 6.61 Å². The summed E-state index contributed by atoms with van der Waals surface area (Å²) in [7, 11) is 0. The van der Waals surface area contributed by atoms with Crippen LogP contribution >= 0.6 is 58.0 Å². The second-order valence-electron chi connectivity index (χ2n) is 3.14. The number of hydrogen-bond donors (Lipinski definition) is 0. The van der Waals surface area contributed by atoms with Crippen LogP contribution in [-0.2, 0) is 4.74 Å². The standard InChI is InChI=1S/C8H11Cl5O/c1-2-14-8-6(12)4(10)3(9)5(11)7(8)13/h3-8H,2H2,1H3/t3?,4-,5+,6-,7+,8?. The van der Waals surface area contributed by atoms with E-state index in [1.165, 1.54) is 0 Å². The molecule has 0 aromatic heterocycles. The van der Waals surface area contributed by atoms with E-state index in [-0.39, 0.29) is 6.10 Å². The van der Waals surface area contributed by atoms with Gasteiger partial charge in [-0.15, -0.1) is 58.0 Å². The highest BCUT2D eigenvalue weighted by Crippen LogP contribution is 2.38. The van der Waals surface area contributed by atoms with E-state index < -0.39 is 26.9 Å². The fourth-order valence-electron chi connectivity index (χ4n) is 1.44. The average molecular weight is 300 g/mol. The van der Waals surface area contributed by atoms with E-state index in [2.05, 4.69) is 0 Å². The van der Waals surface area contributed by atoms with Crippen LogP contribution in [0.25, 0.3) is 0 Å². The fourth-order valence-corrected chi connectivity index (χ4v) is 3.43. The zero-order valence-corrected chi connectivity index (χ0v) is 11.2. The van der Waals surface area contributed by atoms with Crippen LogP contribution in [0.4, 0.5) is 0 Å². The van der Waals surface area contributed by atoms with Gasteiger partial charge in [0.1, 0.15) is 0 Å². The topological polar surface area (TPSA) is 9.23 Å². The quantitative estimate of drug-likeness (QED) is 0.710. The van der Waals surface area contributed by atoms with Gasteiger partial charge < -0.3 is 4.74 Å². The Morgan fingerprint density at radius 2 is 1.14 bits per heavy atom. The van der Waals surface area contributed by atoms with E-state index in [4.69, 9.17) is 62.7 Å². The molecule has 6 atom stereocenters. The summed E-state index contributed by atoms with van der Waals surface area (Å²) < 4.78 is 5.41. The fraction of sp³-hybridized carbons (Fsp3) is 1.00. The van der Waals surface area contributed by atoms with Crippen LogP contribution < -0.4 is 0 Å². The van der Waals surface area contributed by atoms with Gasteiger partial charge in [0.2, 0.25) is 0 Å². The Labute approximate surface area is 109 Å². The van der Waals surface area contributed by atoms with E-state index in [1.807, 2.05) is 6.92 Å². The highest BCUT2D eigenvalue weighted by Gasteiger charge is 2.48. The zero-order chi connectivity index (χ0) is 10.9. The molecule has 0 heterocycles. The molecule has 0 spiro atoms.